The van der Waals surface area contributed by atoms with Gasteiger partial charge in [-0.15, -0.1) is 0 Å². The molecule has 4 rings (SSSR count). The highest BCUT2D eigenvalue weighted by molar-refractivity contribution is 5.75. The molecule has 1 heterocycles. The zero-order valence-electron chi connectivity index (χ0n) is 21.2. The Morgan fingerprint density at radius 2 is 1.44 bits per heavy atom. The topological polar surface area (TPSA) is 52.1 Å². The van der Waals surface area contributed by atoms with Crippen molar-refractivity contribution in [1.29, 1.82) is 0 Å². The van der Waals surface area contributed by atoms with E-state index in [0.717, 1.165) is 48.9 Å². The molecule has 184 valence electrons. The number of hydrogen-bond acceptors (Lipinski definition) is 4. The van der Waals surface area contributed by atoms with Gasteiger partial charge in [0.15, 0.2) is 5.82 Å². The Morgan fingerprint density at radius 1 is 0.824 bits per heavy atom. The second-order valence-corrected chi connectivity index (χ2v) is 10.7. The highest BCUT2D eigenvalue weighted by atomic mass is 16.5. The number of carbonyl (C=O) groups is 1. The average Bonchev–Trinajstić information content (AvgIpc) is 2.89. The van der Waals surface area contributed by atoms with E-state index in [1.54, 1.807) is 0 Å². The van der Waals surface area contributed by atoms with Crippen molar-refractivity contribution in [1.82, 2.24) is 9.97 Å². The van der Waals surface area contributed by atoms with Crippen molar-refractivity contribution in [3.05, 3.63) is 42.2 Å². The third-order valence-corrected chi connectivity index (χ3v) is 8.16. The Hall–Kier alpha value is -2.23. The van der Waals surface area contributed by atoms with E-state index < -0.39 is 0 Å². The van der Waals surface area contributed by atoms with E-state index in [4.69, 9.17) is 4.74 Å². The molecule has 1 aromatic carbocycles. The second-order valence-electron chi connectivity index (χ2n) is 10.7. The van der Waals surface area contributed by atoms with Gasteiger partial charge in [0.25, 0.3) is 0 Å². The summed E-state index contributed by atoms with van der Waals surface area (Å²) in [4.78, 5) is 21.9. The van der Waals surface area contributed by atoms with E-state index in [-0.39, 0.29) is 11.9 Å². The van der Waals surface area contributed by atoms with Crippen LogP contribution >= 0.6 is 0 Å². The van der Waals surface area contributed by atoms with E-state index in [0.29, 0.717) is 11.7 Å². The van der Waals surface area contributed by atoms with Gasteiger partial charge >= 0.3 is 5.97 Å². The Bertz CT molecular complexity index is 877. The molecule has 0 bridgehead atoms. The summed E-state index contributed by atoms with van der Waals surface area (Å²) in [6.45, 7) is 4.52. The van der Waals surface area contributed by atoms with Crippen LogP contribution in [0.15, 0.2) is 36.7 Å². The Kier molecular flexibility index (Phi) is 9.12. The highest BCUT2D eigenvalue weighted by Crippen LogP contribution is 2.37. The van der Waals surface area contributed by atoms with Crippen molar-refractivity contribution in [3.8, 4) is 17.1 Å². The van der Waals surface area contributed by atoms with E-state index in [2.05, 4.69) is 23.8 Å². The first-order chi connectivity index (χ1) is 16.7. The minimum atomic E-state index is -0.0762. The fourth-order valence-corrected chi connectivity index (χ4v) is 5.94. The summed E-state index contributed by atoms with van der Waals surface area (Å²) in [5.74, 6) is 3.62. The van der Waals surface area contributed by atoms with Gasteiger partial charge in [0.05, 0.1) is 5.92 Å². The van der Waals surface area contributed by atoms with Gasteiger partial charge in [0.1, 0.15) is 5.75 Å². The number of rotatable bonds is 9. The van der Waals surface area contributed by atoms with Gasteiger partial charge in [-0.25, -0.2) is 9.97 Å². The smallest absolute Gasteiger partial charge is 0.314 e. The van der Waals surface area contributed by atoms with Crippen molar-refractivity contribution >= 4 is 5.97 Å². The zero-order valence-corrected chi connectivity index (χ0v) is 21.2. The molecule has 0 unspecified atom stereocenters. The fraction of sp³-hybridized carbons (Fsp3) is 0.633. The number of unbranched alkanes of at least 4 members (excludes halogenated alkanes) is 1. The first kappa shape index (κ1) is 24.9. The molecular formula is C30H42N2O2. The minimum absolute atomic E-state index is 0.0466. The number of aromatic nitrogens is 2. The highest BCUT2D eigenvalue weighted by Gasteiger charge is 2.27. The van der Waals surface area contributed by atoms with E-state index in [1.165, 1.54) is 63.4 Å². The predicted octanol–water partition coefficient (Wildman–Crippen LogP) is 8.12. The molecule has 2 aliphatic carbocycles. The maximum absolute atomic E-state index is 12.6. The zero-order chi connectivity index (χ0) is 23.8. The summed E-state index contributed by atoms with van der Waals surface area (Å²) >= 11 is 0. The first-order valence-corrected chi connectivity index (χ1v) is 13.8. The molecule has 34 heavy (non-hydrogen) atoms. The first-order valence-electron chi connectivity index (χ1n) is 13.8. The normalized spacial score (nSPS) is 25.1. The predicted molar refractivity (Wildman–Crippen MR) is 138 cm³/mol. The average molecular weight is 463 g/mol. The lowest BCUT2D eigenvalue weighted by molar-refractivity contribution is -0.140. The Labute approximate surface area is 205 Å². The number of ether oxygens (including phenoxy) is 1. The molecule has 0 aliphatic heterocycles. The molecule has 0 spiro atoms. The SMILES string of the molecule is CCCC[C@H]1CC[C@H](c2cnc(-c3ccc(OC(=O)[C@H]4CC[C@H](CCC)CC4)cc3)nc2)CC1. The summed E-state index contributed by atoms with van der Waals surface area (Å²) in [5.41, 5.74) is 2.23. The van der Waals surface area contributed by atoms with Gasteiger partial charge in [0, 0.05) is 18.0 Å². The van der Waals surface area contributed by atoms with Gasteiger partial charge in [-0.2, -0.15) is 0 Å². The molecule has 1 aromatic heterocycles. The van der Waals surface area contributed by atoms with Gasteiger partial charge in [-0.1, -0.05) is 46.0 Å². The van der Waals surface area contributed by atoms with Crippen LogP contribution in [-0.2, 0) is 4.79 Å². The van der Waals surface area contributed by atoms with Crippen molar-refractivity contribution in [2.24, 2.45) is 17.8 Å². The summed E-state index contributed by atoms with van der Waals surface area (Å²) in [5, 5.41) is 0. The van der Waals surface area contributed by atoms with Gasteiger partial charge in [-0.3, -0.25) is 4.79 Å². The number of nitrogens with zero attached hydrogens (tertiary/aromatic N) is 2. The molecule has 2 fully saturated rings. The van der Waals surface area contributed by atoms with E-state index >= 15 is 0 Å². The van der Waals surface area contributed by atoms with Crippen LogP contribution in [0, 0.1) is 17.8 Å². The van der Waals surface area contributed by atoms with Crippen LogP contribution in [0.1, 0.15) is 109 Å². The van der Waals surface area contributed by atoms with Crippen molar-refractivity contribution in [2.45, 2.75) is 103 Å². The summed E-state index contributed by atoms with van der Waals surface area (Å²) in [6, 6.07) is 7.64. The fourth-order valence-electron chi connectivity index (χ4n) is 5.94. The lowest BCUT2D eigenvalue weighted by Crippen LogP contribution is -2.25. The van der Waals surface area contributed by atoms with Crippen LogP contribution in [-0.4, -0.2) is 15.9 Å². The molecule has 2 aliphatic rings. The van der Waals surface area contributed by atoms with Crippen molar-refractivity contribution < 1.29 is 9.53 Å². The lowest BCUT2D eigenvalue weighted by Gasteiger charge is -2.28. The number of hydrogen-bond donors (Lipinski definition) is 0. The standard InChI is InChI=1S/C30H42N2O2/c1-3-5-7-23-8-12-24(13-9-23)27-20-31-29(32-21-27)25-16-18-28(19-17-25)34-30(33)26-14-10-22(6-4-2)11-15-26/h16-24,26H,3-15H2,1-2H3/t22-,23-,24-,26-. The van der Waals surface area contributed by atoms with E-state index in [1.807, 2.05) is 36.7 Å². The molecule has 4 heteroatoms. The Balaban J connectivity index is 1.27. The van der Waals surface area contributed by atoms with Gasteiger partial charge < -0.3 is 4.74 Å². The van der Waals surface area contributed by atoms with Crippen LogP contribution < -0.4 is 4.74 Å². The molecule has 0 atom stereocenters. The molecule has 0 N–H and O–H groups in total. The van der Waals surface area contributed by atoms with Gasteiger partial charge in [0.2, 0.25) is 0 Å². The van der Waals surface area contributed by atoms with Crippen LogP contribution in [0.3, 0.4) is 0 Å². The summed E-state index contributed by atoms with van der Waals surface area (Å²) in [7, 11) is 0. The van der Waals surface area contributed by atoms with Crippen LogP contribution in [0.4, 0.5) is 0 Å². The third kappa shape index (κ3) is 6.67. The van der Waals surface area contributed by atoms with Crippen LogP contribution in [0.25, 0.3) is 11.4 Å². The number of carbonyl (C=O) groups excluding carboxylic acids is 1. The second kappa shape index (κ2) is 12.5. The van der Waals surface area contributed by atoms with Crippen LogP contribution in [0.2, 0.25) is 0 Å². The molecule has 0 radical (unpaired) electrons. The van der Waals surface area contributed by atoms with E-state index in [9.17, 15) is 4.79 Å². The molecule has 2 aromatic rings. The van der Waals surface area contributed by atoms with Crippen molar-refractivity contribution in [2.75, 3.05) is 0 Å². The molecule has 2 saturated carbocycles. The van der Waals surface area contributed by atoms with Gasteiger partial charge in [-0.05, 0) is 98.9 Å². The van der Waals surface area contributed by atoms with Crippen molar-refractivity contribution in [3.63, 3.8) is 0 Å². The lowest BCUT2D eigenvalue weighted by atomic mass is 9.78. The maximum Gasteiger partial charge on any atom is 0.314 e. The largest absolute Gasteiger partial charge is 0.426 e. The number of benzene rings is 1. The Morgan fingerprint density at radius 3 is 2.06 bits per heavy atom. The third-order valence-electron chi connectivity index (χ3n) is 8.16. The summed E-state index contributed by atoms with van der Waals surface area (Å²) < 4.78 is 5.69. The van der Waals surface area contributed by atoms with Crippen LogP contribution in [0.5, 0.6) is 5.75 Å². The maximum atomic E-state index is 12.6. The summed E-state index contributed by atoms with van der Waals surface area (Å²) in [6.07, 6.45) is 20.0. The molecule has 0 amide bonds. The molecule has 0 saturated heterocycles. The molecule has 4 nitrogen and oxygen atoms in total. The monoisotopic (exact) mass is 462 g/mol. The quantitative estimate of drug-likeness (QED) is 0.279. The molecular weight excluding hydrogens is 420 g/mol. The minimum Gasteiger partial charge on any atom is -0.426 e. The number of esters is 1.